The molecule has 4 nitrogen and oxygen atoms in total. The molecule has 19 heavy (non-hydrogen) atoms. The third-order valence-electron chi connectivity index (χ3n) is 2.15. The molecule has 0 aliphatic heterocycles. The van der Waals surface area contributed by atoms with Gasteiger partial charge in [0, 0.05) is 6.54 Å². The van der Waals surface area contributed by atoms with Gasteiger partial charge in [0.05, 0.1) is 17.7 Å². The molecule has 1 N–H and O–H groups in total. The summed E-state index contributed by atoms with van der Waals surface area (Å²) >= 11 is 8.33. The number of rotatable bonds is 4. The summed E-state index contributed by atoms with van der Waals surface area (Å²) in [4.78, 5) is 21.9. The van der Waals surface area contributed by atoms with Crippen molar-refractivity contribution >= 4 is 39.4 Å². The van der Waals surface area contributed by atoms with Crippen molar-refractivity contribution in [2.45, 2.75) is 4.83 Å². The van der Waals surface area contributed by atoms with Crippen LogP contribution in [0.5, 0.6) is 0 Å². The standard InChI is InChI=1S/C11H9BrClF2NO3/c1-19-11(18)6(12)4-16-10(17)5-2-9(15)7(13)3-8(5)14/h2-3,6H,4H2,1H3,(H,16,17). The molecule has 0 saturated heterocycles. The maximum atomic E-state index is 13.4. The molecule has 0 fully saturated rings. The zero-order valence-electron chi connectivity index (χ0n) is 9.68. The van der Waals surface area contributed by atoms with Crippen LogP contribution < -0.4 is 5.32 Å². The molecule has 0 heterocycles. The number of ether oxygens (including phenoxy) is 1. The molecule has 104 valence electrons. The third-order valence-corrected chi connectivity index (χ3v) is 3.14. The van der Waals surface area contributed by atoms with Gasteiger partial charge in [-0.3, -0.25) is 9.59 Å². The van der Waals surface area contributed by atoms with Crippen molar-refractivity contribution < 1.29 is 23.1 Å². The number of nitrogens with one attached hydrogen (secondary N) is 1. The highest BCUT2D eigenvalue weighted by atomic mass is 79.9. The molecule has 0 saturated carbocycles. The van der Waals surface area contributed by atoms with Gasteiger partial charge in [0.15, 0.2) is 0 Å². The molecule has 1 atom stereocenters. The van der Waals surface area contributed by atoms with E-state index in [-0.39, 0.29) is 6.54 Å². The quantitative estimate of drug-likeness (QED) is 0.512. The van der Waals surface area contributed by atoms with Crippen LogP contribution in [0.1, 0.15) is 10.4 Å². The topological polar surface area (TPSA) is 55.4 Å². The summed E-state index contributed by atoms with van der Waals surface area (Å²) in [6, 6.07) is 1.39. The van der Waals surface area contributed by atoms with Gasteiger partial charge < -0.3 is 10.1 Å². The first-order valence-corrected chi connectivity index (χ1v) is 6.30. The minimum absolute atomic E-state index is 0.130. The molecule has 0 spiro atoms. The van der Waals surface area contributed by atoms with Crippen molar-refractivity contribution in [3.8, 4) is 0 Å². The lowest BCUT2D eigenvalue weighted by Gasteiger charge is -2.10. The van der Waals surface area contributed by atoms with Gasteiger partial charge in [0.2, 0.25) is 0 Å². The number of carbonyl (C=O) groups excluding carboxylic acids is 2. The molecular formula is C11H9BrClF2NO3. The summed E-state index contributed by atoms with van der Waals surface area (Å²) in [5.74, 6) is -3.31. The summed E-state index contributed by atoms with van der Waals surface area (Å²) in [7, 11) is 1.19. The maximum absolute atomic E-state index is 13.4. The lowest BCUT2D eigenvalue weighted by molar-refractivity contribution is -0.139. The fourth-order valence-electron chi connectivity index (χ4n) is 1.19. The Morgan fingerprint density at radius 1 is 1.42 bits per heavy atom. The monoisotopic (exact) mass is 355 g/mol. The zero-order chi connectivity index (χ0) is 14.6. The molecule has 8 heteroatoms. The molecule has 1 amide bonds. The Kier molecular flexibility index (Phi) is 5.68. The van der Waals surface area contributed by atoms with E-state index in [0.717, 1.165) is 0 Å². The number of hydrogen-bond donors (Lipinski definition) is 1. The molecule has 1 rings (SSSR count). The number of carbonyl (C=O) groups is 2. The van der Waals surface area contributed by atoms with Crippen LogP contribution in [0.4, 0.5) is 8.78 Å². The fraction of sp³-hybridized carbons (Fsp3) is 0.273. The Morgan fingerprint density at radius 3 is 2.63 bits per heavy atom. The molecular weight excluding hydrogens is 347 g/mol. The lowest BCUT2D eigenvalue weighted by atomic mass is 10.2. The number of halogens is 4. The average Bonchev–Trinajstić information content (AvgIpc) is 2.38. The molecule has 0 radical (unpaired) electrons. The van der Waals surface area contributed by atoms with Crippen LogP contribution in [0.25, 0.3) is 0 Å². The van der Waals surface area contributed by atoms with E-state index < -0.39 is 38.9 Å². The smallest absolute Gasteiger partial charge is 0.321 e. The van der Waals surface area contributed by atoms with Gasteiger partial charge >= 0.3 is 5.97 Å². The molecule has 0 aliphatic carbocycles. The summed E-state index contributed by atoms with van der Waals surface area (Å²) in [6.45, 7) is -0.130. The van der Waals surface area contributed by atoms with Crippen molar-refractivity contribution in [1.82, 2.24) is 5.32 Å². The number of esters is 1. The van der Waals surface area contributed by atoms with E-state index in [1.807, 2.05) is 0 Å². The molecule has 0 aliphatic rings. The zero-order valence-corrected chi connectivity index (χ0v) is 12.0. The van der Waals surface area contributed by atoms with E-state index in [2.05, 4.69) is 26.0 Å². The van der Waals surface area contributed by atoms with Crippen molar-refractivity contribution in [2.75, 3.05) is 13.7 Å². The summed E-state index contributed by atoms with van der Waals surface area (Å²) in [6.07, 6.45) is 0. The van der Waals surface area contributed by atoms with E-state index in [9.17, 15) is 18.4 Å². The molecule has 1 unspecified atom stereocenters. The van der Waals surface area contributed by atoms with E-state index >= 15 is 0 Å². The SMILES string of the molecule is COC(=O)C(Br)CNC(=O)c1cc(F)c(Cl)cc1F. The first-order valence-electron chi connectivity index (χ1n) is 5.01. The van der Waals surface area contributed by atoms with Crippen LogP contribution in [0, 0.1) is 11.6 Å². The van der Waals surface area contributed by atoms with Crippen LogP contribution in [-0.4, -0.2) is 30.4 Å². The third kappa shape index (κ3) is 4.14. The van der Waals surface area contributed by atoms with Crippen LogP contribution in [0.15, 0.2) is 12.1 Å². The van der Waals surface area contributed by atoms with Crippen molar-refractivity contribution in [3.63, 3.8) is 0 Å². The predicted octanol–water partition coefficient (Wildman–Crippen LogP) is 2.28. The predicted molar refractivity (Wildman–Crippen MR) is 68.4 cm³/mol. The average molecular weight is 357 g/mol. The van der Waals surface area contributed by atoms with Gasteiger partial charge in [-0.15, -0.1) is 0 Å². The minimum atomic E-state index is -0.951. The number of hydrogen-bond acceptors (Lipinski definition) is 3. The lowest BCUT2D eigenvalue weighted by Crippen LogP contribution is -2.34. The van der Waals surface area contributed by atoms with Gasteiger partial charge in [-0.2, -0.15) is 0 Å². The first kappa shape index (κ1) is 15.8. The van der Waals surface area contributed by atoms with Crippen LogP contribution >= 0.6 is 27.5 Å². The first-order chi connectivity index (χ1) is 8.86. The highest BCUT2D eigenvalue weighted by Gasteiger charge is 2.19. The second-order valence-electron chi connectivity index (χ2n) is 3.45. The number of benzene rings is 1. The molecule has 0 aromatic heterocycles. The Bertz CT molecular complexity index is 513. The Balaban J connectivity index is 2.74. The Labute approximate surface area is 121 Å². The number of methoxy groups -OCH3 is 1. The normalized spacial score (nSPS) is 11.8. The number of amides is 1. The van der Waals surface area contributed by atoms with Gasteiger partial charge in [0.1, 0.15) is 16.5 Å². The highest BCUT2D eigenvalue weighted by Crippen LogP contribution is 2.19. The van der Waals surface area contributed by atoms with Gasteiger partial charge in [-0.1, -0.05) is 27.5 Å². The molecule has 1 aromatic rings. The van der Waals surface area contributed by atoms with Crippen molar-refractivity contribution in [1.29, 1.82) is 0 Å². The molecule has 1 aromatic carbocycles. The van der Waals surface area contributed by atoms with Crippen LogP contribution in [0.3, 0.4) is 0 Å². The van der Waals surface area contributed by atoms with Gasteiger partial charge in [-0.25, -0.2) is 8.78 Å². The van der Waals surface area contributed by atoms with Crippen LogP contribution in [-0.2, 0) is 9.53 Å². The fourth-order valence-corrected chi connectivity index (χ4v) is 1.68. The van der Waals surface area contributed by atoms with Crippen LogP contribution in [0.2, 0.25) is 5.02 Å². The highest BCUT2D eigenvalue weighted by molar-refractivity contribution is 9.10. The van der Waals surface area contributed by atoms with E-state index in [1.54, 1.807) is 0 Å². The maximum Gasteiger partial charge on any atom is 0.321 e. The second-order valence-corrected chi connectivity index (χ2v) is 4.96. The van der Waals surface area contributed by atoms with Gasteiger partial charge in [0.25, 0.3) is 5.91 Å². The van der Waals surface area contributed by atoms with Crippen molar-refractivity contribution in [3.05, 3.63) is 34.4 Å². The second kappa shape index (κ2) is 6.81. The Morgan fingerprint density at radius 2 is 2.05 bits per heavy atom. The van der Waals surface area contributed by atoms with Crippen molar-refractivity contribution in [2.24, 2.45) is 0 Å². The summed E-state index contributed by atoms with van der Waals surface area (Å²) < 4.78 is 31.0. The largest absolute Gasteiger partial charge is 0.468 e. The van der Waals surface area contributed by atoms with E-state index in [0.29, 0.717) is 12.1 Å². The molecule has 0 bridgehead atoms. The van der Waals surface area contributed by atoms with Gasteiger partial charge in [-0.05, 0) is 12.1 Å². The number of alkyl halides is 1. The summed E-state index contributed by atoms with van der Waals surface area (Å²) in [5, 5.41) is 1.85. The van der Waals surface area contributed by atoms with E-state index in [1.165, 1.54) is 7.11 Å². The summed E-state index contributed by atoms with van der Waals surface area (Å²) in [5.41, 5.74) is -0.494. The minimum Gasteiger partial charge on any atom is -0.468 e. The van der Waals surface area contributed by atoms with E-state index in [4.69, 9.17) is 11.6 Å². The Hall–Kier alpha value is -1.21.